The molecule has 0 aromatic heterocycles. The van der Waals surface area contributed by atoms with Crippen LogP contribution in [0.1, 0.15) is 20.8 Å². The summed E-state index contributed by atoms with van der Waals surface area (Å²) in [5, 5.41) is 6.24. The van der Waals surface area contributed by atoms with Crippen molar-refractivity contribution in [1.29, 1.82) is 0 Å². The molecule has 1 amide bonds. The predicted molar refractivity (Wildman–Crippen MR) is 112 cm³/mol. The monoisotopic (exact) mass is 474 g/mol. The molecule has 0 aliphatic carbocycles. The fourth-order valence-electron chi connectivity index (χ4n) is 4.06. The molecule has 188 valence electrons. The van der Waals surface area contributed by atoms with Gasteiger partial charge in [-0.15, -0.1) is 0 Å². The van der Waals surface area contributed by atoms with E-state index in [9.17, 15) is 4.79 Å². The number of nitrogens with one attached hydrogen (secondary N) is 1. The number of ether oxygens (including phenoxy) is 8. The van der Waals surface area contributed by atoms with Crippen LogP contribution in [-0.2, 0) is 42.7 Å². The molecule has 3 saturated heterocycles. The Kier molecular flexibility index (Phi) is 9.68. The number of hydrogen-bond donors (Lipinski definition) is 1. The van der Waals surface area contributed by atoms with Gasteiger partial charge in [0, 0.05) is 18.4 Å². The Labute approximate surface area is 192 Å². The van der Waals surface area contributed by atoms with E-state index in [0.29, 0.717) is 52.8 Å². The maximum absolute atomic E-state index is 11.6. The number of azide groups is 1. The Hall–Kier alpha value is -1.54. The van der Waals surface area contributed by atoms with Crippen LogP contribution in [-0.4, -0.2) is 108 Å². The lowest BCUT2D eigenvalue weighted by atomic mass is 9.88. The first-order valence-corrected chi connectivity index (χ1v) is 11.1. The van der Waals surface area contributed by atoms with E-state index in [2.05, 4.69) is 15.3 Å². The summed E-state index contributed by atoms with van der Waals surface area (Å²) < 4.78 is 46.2. The Morgan fingerprint density at radius 1 is 1.03 bits per heavy atom. The summed E-state index contributed by atoms with van der Waals surface area (Å²) >= 11 is 0. The van der Waals surface area contributed by atoms with Gasteiger partial charge in [-0.2, -0.15) is 0 Å². The zero-order chi connectivity index (χ0) is 23.7. The molecule has 0 aromatic carbocycles. The molecule has 3 aliphatic rings. The van der Waals surface area contributed by atoms with E-state index >= 15 is 0 Å². The van der Waals surface area contributed by atoms with Crippen LogP contribution in [0.15, 0.2) is 5.11 Å². The van der Waals surface area contributed by atoms with Crippen molar-refractivity contribution in [2.24, 2.45) is 5.11 Å². The first kappa shape index (κ1) is 26.1. The molecule has 1 N–H and O–H groups in total. The van der Waals surface area contributed by atoms with Gasteiger partial charge >= 0.3 is 0 Å². The van der Waals surface area contributed by atoms with E-state index < -0.39 is 35.9 Å². The molecule has 0 spiro atoms. The van der Waals surface area contributed by atoms with Crippen molar-refractivity contribution in [3.05, 3.63) is 10.4 Å². The molecular weight excluding hydrogens is 440 g/mol. The number of fused-ring (bicyclic) bond motifs is 4. The van der Waals surface area contributed by atoms with Crippen LogP contribution in [0, 0.1) is 0 Å². The average molecular weight is 475 g/mol. The molecule has 13 nitrogen and oxygen atoms in total. The van der Waals surface area contributed by atoms with Gasteiger partial charge in [-0.1, -0.05) is 5.11 Å². The van der Waals surface area contributed by atoms with E-state index in [1.54, 1.807) is 0 Å². The highest BCUT2D eigenvalue weighted by atomic mass is 16.8. The van der Waals surface area contributed by atoms with Crippen LogP contribution in [0.3, 0.4) is 0 Å². The first-order chi connectivity index (χ1) is 15.9. The maximum atomic E-state index is 11.6. The van der Waals surface area contributed by atoms with Crippen LogP contribution >= 0.6 is 0 Å². The lowest BCUT2D eigenvalue weighted by Crippen LogP contribution is -2.65. The van der Waals surface area contributed by atoms with Gasteiger partial charge in [0.2, 0.25) is 5.91 Å². The summed E-state index contributed by atoms with van der Waals surface area (Å²) in [5.41, 5.74) is 7.34. The lowest BCUT2D eigenvalue weighted by molar-refractivity contribution is -0.214. The number of nitrogens with zero attached hydrogens (tertiary/aromatic N) is 3. The van der Waals surface area contributed by atoms with Crippen molar-refractivity contribution in [3.63, 3.8) is 0 Å². The van der Waals surface area contributed by atoms with Gasteiger partial charge in [-0.25, -0.2) is 0 Å². The van der Waals surface area contributed by atoms with Gasteiger partial charge in [0.15, 0.2) is 12.1 Å². The van der Waals surface area contributed by atoms with Crippen molar-refractivity contribution in [2.75, 3.05) is 66.0 Å². The normalized spacial score (nSPS) is 31.7. The van der Waals surface area contributed by atoms with Crippen LogP contribution in [0.2, 0.25) is 0 Å². The Balaban J connectivity index is 1.31. The summed E-state index contributed by atoms with van der Waals surface area (Å²) in [7, 11) is 0. The number of hydrogen-bond acceptors (Lipinski definition) is 10. The summed E-state index contributed by atoms with van der Waals surface area (Å²) in [6, 6.07) is -0.454. The molecule has 0 radical (unpaired) electrons. The minimum atomic E-state index is -0.806. The Morgan fingerprint density at radius 3 is 2.30 bits per heavy atom. The van der Waals surface area contributed by atoms with Gasteiger partial charge in [0.1, 0.15) is 23.9 Å². The minimum absolute atomic E-state index is 0.186. The predicted octanol–water partition coefficient (Wildman–Crippen LogP) is 0.513. The maximum Gasteiger partial charge on any atom is 0.217 e. The number of amides is 1. The molecule has 13 heteroatoms. The second-order valence-corrected chi connectivity index (χ2v) is 8.45. The van der Waals surface area contributed by atoms with Crippen molar-refractivity contribution in [1.82, 2.24) is 5.32 Å². The number of carbonyl (C=O) groups excluding carboxylic acids is 1. The second kappa shape index (κ2) is 12.2. The zero-order valence-electron chi connectivity index (χ0n) is 19.4. The average Bonchev–Trinajstić information content (AvgIpc) is 3.31. The third kappa shape index (κ3) is 7.22. The highest BCUT2D eigenvalue weighted by molar-refractivity contribution is 5.73. The fourth-order valence-corrected chi connectivity index (χ4v) is 4.06. The summed E-state index contributed by atoms with van der Waals surface area (Å²) in [6.45, 7) is 8.87. The molecule has 5 atom stereocenters. The quantitative estimate of drug-likeness (QED) is 0.155. The van der Waals surface area contributed by atoms with E-state index in [1.807, 2.05) is 13.8 Å². The molecular formula is C20H34N4O9. The van der Waals surface area contributed by atoms with Crippen LogP contribution in [0.5, 0.6) is 0 Å². The fraction of sp³-hybridized carbons (Fsp3) is 0.950. The summed E-state index contributed by atoms with van der Waals surface area (Å²) in [6.07, 6.45) is -1.45. The number of rotatable bonds is 15. The van der Waals surface area contributed by atoms with Crippen LogP contribution in [0.4, 0.5) is 0 Å². The molecule has 2 bridgehead atoms. The van der Waals surface area contributed by atoms with Gasteiger partial charge in [-0.05, 0) is 19.4 Å². The molecule has 3 rings (SSSR count). The SMILES string of the molecule is CC(=O)N[C@H]1[C@H]2OC[C@](COCCOCCOCCOCCN=[N+]=[N-])(O2)[C@@H]2OC(C)(C)O[C@H]12. The highest BCUT2D eigenvalue weighted by Gasteiger charge is 2.66. The van der Waals surface area contributed by atoms with Gasteiger partial charge < -0.3 is 43.2 Å². The Morgan fingerprint density at radius 2 is 1.67 bits per heavy atom. The summed E-state index contributed by atoms with van der Waals surface area (Å²) in [4.78, 5) is 14.3. The van der Waals surface area contributed by atoms with E-state index in [0.717, 1.165) is 0 Å². The second-order valence-electron chi connectivity index (χ2n) is 8.45. The topological polar surface area (TPSA) is 152 Å². The first-order valence-electron chi connectivity index (χ1n) is 11.1. The van der Waals surface area contributed by atoms with Gasteiger partial charge in [-0.3, -0.25) is 4.79 Å². The van der Waals surface area contributed by atoms with Crippen molar-refractivity contribution >= 4 is 5.91 Å². The highest BCUT2D eigenvalue weighted by Crippen LogP contribution is 2.46. The largest absolute Gasteiger partial charge is 0.379 e. The third-order valence-corrected chi connectivity index (χ3v) is 5.37. The van der Waals surface area contributed by atoms with Gasteiger partial charge in [0.25, 0.3) is 0 Å². The van der Waals surface area contributed by atoms with Gasteiger partial charge in [0.05, 0.1) is 59.5 Å². The summed E-state index contributed by atoms with van der Waals surface area (Å²) in [5.74, 6) is -0.986. The van der Waals surface area contributed by atoms with Crippen molar-refractivity contribution in [3.8, 4) is 0 Å². The number of carbonyl (C=O) groups is 1. The Bertz CT molecular complexity index is 690. The third-order valence-electron chi connectivity index (χ3n) is 5.37. The minimum Gasteiger partial charge on any atom is -0.379 e. The molecule has 3 fully saturated rings. The van der Waals surface area contributed by atoms with Crippen molar-refractivity contribution < 1.29 is 42.7 Å². The smallest absolute Gasteiger partial charge is 0.217 e. The van der Waals surface area contributed by atoms with Crippen LogP contribution in [0.25, 0.3) is 10.4 Å². The van der Waals surface area contributed by atoms with Crippen LogP contribution < -0.4 is 5.32 Å². The zero-order valence-corrected chi connectivity index (χ0v) is 19.4. The molecule has 0 aromatic rings. The lowest BCUT2D eigenvalue weighted by Gasteiger charge is -2.42. The van der Waals surface area contributed by atoms with Crippen molar-refractivity contribution in [2.45, 2.75) is 56.7 Å². The van der Waals surface area contributed by atoms with E-state index in [-0.39, 0.29) is 19.1 Å². The standard InChI is InChI=1S/C20H34N4O9/c1-14(25)23-15-16-17(32-19(2,3)31-16)20(13-30-18(15)33-20)12-29-11-10-28-9-8-27-7-6-26-5-4-22-24-21/h15-18H,4-13H2,1-3H3,(H,23,25)/t15-,16-,17-,18+,20+/m1/s1. The van der Waals surface area contributed by atoms with E-state index in [4.69, 9.17) is 43.4 Å². The molecule has 0 unspecified atom stereocenters. The molecule has 3 heterocycles. The molecule has 33 heavy (non-hydrogen) atoms. The molecule has 0 saturated carbocycles. The molecule has 3 aliphatic heterocycles. The van der Waals surface area contributed by atoms with E-state index in [1.165, 1.54) is 6.92 Å².